The summed E-state index contributed by atoms with van der Waals surface area (Å²) in [7, 11) is 1.80. The van der Waals surface area contributed by atoms with Crippen LogP contribution in [0.4, 0.5) is 5.82 Å². The molecule has 2 aliphatic carbocycles. The minimum atomic E-state index is 0.257. The average molecular weight is 552 g/mol. The molecule has 3 aliphatic rings. The van der Waals surface area contributed by atoms with Crippen LogP contribution >= 0.6 is 23.2 Å². The number of methoxy groups -OCH3 is 1. The van der Waals surface area contributed by atoms with Crippen LogP contribution in [0.3, 0.4) is 0 Å². The molecule has 1 amide bonds. The third-order valence-electron chi connectivity index (χ3n) is 8.83. The molecule has 9 heteroatoms. The second-order valence-corrected chi connectivity index (χ2v) is 12.1. The van der Waals surface area contributed by atoms with E-state index in [9.17, 15) is 4.79 Å². The lowest BCUT2D eigenvalue weighted by Gasteiger charge is -2.36. The summed E-state index contributed by atoms with van der Waals surface area (Å²) < 4.78 is 10.9. The second-order valence-electron chi connectivity index (χ2n) is 11.3. The van der Waals surface area contributed by atoms with Crippen molar-refractivity contribution >= 4 is 45.9 Å². The lowest BCUT2D eigenvalue weighted by Crippen LogP contribution is -2.47. The normalized spacial score (nSPS) is 27.5. The molecule has 3 fully saturated rings. The Balaban J connectivity index is 0.985. The van der Waals surface area contributed by atoms with E-state index in [-0.39, 0.29) is 5.91 Å². The Morgan fingerprint density at radius 1 is 1.00 bits per heavy atom. The summed E-state index contributed by atoms with van der Waals surface area (Å²) in [4.78, 5) is 17.4. The molecule has 1 aromatic heterocycles. The number of carbonyl (C=O) groups excluding carboxylic acids is 1. The van der Waals surface area contributed by atoms with Crippen LogP contribution in [0, 0.1) is 11.8 Å². The second kappa shape index (κ2) is 12.5. The topological polar surface area (TPSA) is 70.8 Å². The van der Waals surface area contributed by atoms with Gasteiger partial charge < -0.3 is 19.5 Å². The van der Waals surface area contributed by atoms with Crippen LogP contribution < -0.4 is 10.2 Å². The van der Waals surface area contributed by atoms with Crippen LogP contribution in [0.2, 0.25) is 10.0 Å². The van der Waals surface area contributed by atoms with Crippen molar-refractivity contribution in [3.8, 4) is 0 Å². The van der Waals surface area contributed by atoms with Crippen molar-refractivity contribution in [2.45, 2.75) is 76.4 Å². The summed E-state index contributed by atoms with van der Waals surface area (Å²) >= 11 is 12.3. The Morgan fingerprint density at radius 3 is 2.38 bits per heavy atom. The van der Waals surface area contributed by atoms with Crippen LogP contribution in [-0.4, -0.2) is 67.9 Å². The first-order valence-corrected chi connectivity index (χ1v) is 14.8. The van der Waals surface area contributed by atoms with Crippen molar-refractivity contribution in [1.82, 2.24) is 15.4 Å². The zero-order valence-corrected chi connectivity index (χ0v) is 23.4. The highest BCUT2D eigenvalue weighted by atomic mass is 35.5. The number of halogens is 2. The van der Waals surface area contributed by atoms with Gasteiger partial charge in [-0.3, -0.25) is 9.69 Å². The number of piperazine rings is 1. The van der Waals surface area contributed by atoms with Gasteiger partial charge in [-0.1, -0.05) is 28.4 Å². The molecule has 1 aliphatic heterocycles. The SMILES string of the molecule is COC1CCC(CC(=O)NC2CCC(CCN3CCN(c4noc5cc(Cl)c(Cl)cc45)CC3)CC2)CC1. The third kappa shape index (κ3) is 6.92. The Bertz CT molecular complexity index is 1040. The van der Waals surface area contributed by atoms with Gasteiger partial charge in [0.1, 0.15) is 0 Å². The number of anilines is 1. The number of rotatable bonds is 8. The van der Waals surface area contributed by atoms with Gasteiger partial charge in [0.15, 0.2) is 11.4 Å². The molecule has 2 heterocycles. The van der Waals surface area contributed by atoms with Gasteiger partial charge in [0, 0.05) is 51.8 Å². The summed E-state index contributed by atoms with van der Waals surface area (Å²) in [6.45, 7) is 5.03. The Morgan fingerprint density at radius 2 is 1.68 bits per heavy atom. The number of ether oxygens (including phenoxy) is 1. The highest BCUT2D eigenvalue weighted by Gasteiger charge is 2.27. The first kappa shape index (κ1) is 27.0. The van der Waals surface area contributed by atoms with E-state index >= 15 is 0 Å². The Kier molecular flexibility index (Phi) is 9.17. The molecule has 7 nitrogen and oxygen atoms in total. The fraction of sp³-hybridized carbons (Fsp3) is 0.714. The largest absolute Gasteiger partial charge is 0.381 e. The molecule has 2 aromatic rings. The molecular formula is C28H40Cl2N4O3. The van der Waals surface area contributed by atoms with E-state index in [2.05, 4.69) is 20.3 Å². The number of aromatic nitrogens is 1. The fourth-order valence-electron chi connectivity index (χ4n) is 6.41. The van der Waals surface area contributed by atoms with Crippen molar-refractivity contribution in [2.75, 3.05) is 44.7 Å². The van der Waals surface area contributed by atoms with E-state index in [0.29, 0.717) is 40.1 Å². The molecule has 0 radical (unpaired) electrons. The van der Waals surface area contributed by atoms with Gasteiger partial charge in [-0.2, -0.15) is 0 Å². The van der Waals surface area contributed by atoms with E-state index < -0.39 is 0 Å². The number of benzene rings is 1. The molecule has 2 saturated carbocycles. The highest BCUT2D eigenvalue weighted by Crippen LogP contribution is 2.34. The average Bonchev–Trinajstić information content (AvgIpc) is 3.31. The Hall–Kier alpha value is -1.54. The standard InChI is InChI=1S/C28H40Cl2N4O3/c1-36-22-8-4-20(5-9-22)16-27(35)31-21-6-2-19(3-7-21)10-11-33-12-14-34(15-13-33)28-23-17-24(29)25(30)18-26(23)37-32-28/h17-22H,2-16H2,1H3,(H,31,35). The van der Waals surface area contributed by atoms with Crippen molar-refractivity contribution in [1.29, 1.82) is 0 Å². The summed E-state index contributed by atoms with van der Waals surface area (Å²) in [5, 5.41) is 9.56. The number of nitrogens with zero attached hydrogens (tertiary/aromatic N) is 3. The van der Waals surface area contributed by atoms with Gasteiger partial charge in [0.05, 0.1) is 21.5 Å². The summed E-state index contributed by atoms with van der Waals surface area (Å²) in [6.07, 6.45) is 11.4. The van der Waals surface area contributed by atoms with Crippen molar-refractivity contribution in [2.24, 2.45) is 11.8 Å². The lowest BCUT2D eigenvalue weighted by molar-refractivity contribution is -0.123. The lowest BCUT2D eigenvalue weighted by atomic mass is 9.83. The third-order valence-corrected chi connectivity index (χ3v) is 9.55. The highest BCUT2D eigenvalue weighted by molar-refractivity contribution is 6.42. The first-order valence-electron chi connectivity index (χ1n) is 14.0. The van der Waals surface area contributed by atoms with Gasteiger partial charge in [-0.25, -0.2) is 0 Å². The first-order chi connectivity index (χ1) is 18.0. The zero-order chi connectivity index (χ0) is 25.8. The maximum atomic E-state index is 12.6. The number of nitrogens with one attached hydrogen (secondary N) is 1. The Labute approximate surface area is 230 Å². The molecule has 0 bridgehead atoms. The van der Waals surface area contributed by atoms with Gasteiger partial charge in [0.2, 0.25) is 5.91 Å². The smallest absolute Gasteiger partial charge is 0.220 e. The van der Waals surface area contributed by atoms with E-state index in [1.165, 1.54) is 19.3 Å². The van der Waals surface area contributed by atoms with E-state index in [1.54, 1.807) is 13.2 Å². The van der Waals surface area contributed by atoms with Gasteiger partial charge in [0.25, 0.3) is 0 Å². The van der Waals surface area contributed by atoms with Crippen LogP contribution in [0.1, 0.15) is 64.2 Å². The summed E-state index contributed by atoms with van der Waals surface area (Å²) in [6, 6.07) is 3.95. The number of hydrogen-bond donors (Lipinski definition) is 1. The number of carbonyl (C=O) groups is 1. The minimum Gasteiger partial charge on any atom is -0.381 e. The fourth-order valence-corrected chi connectivity index (χ4v) is 6.73. The van der Waals surface area contributed by atoms with Gasteiger partial charge in [-0.15, -0.1) is 0 Å². The van der Waals surface area contributed by atoms with Gasteiger partial charge >= 0.3 is 0 Å². The predicted octanol–water partition coefficient (Wildman–Crippen LogP) is 5.92. The van der Waals surface area contributed by atoms with Crippen molar-refractivity contribution < 1.29 is 14.1 Å². The van der Waals surface area contributed by atoms with Gasteiger partial charge in [-0.05, 0) is 82.2 Å². The molecular weight excluding hydrogens is 511 g/mol. The maximum Gasteiger partial charge on any atom is 0.220 e. The van der Waals surface area contributed by atoms with Crippen LogP contribution in [0.15, 0.2) is 16.7 Å². The maximum absolute atomic E-state index is 12.6. The summed E-state index contributed by atoms with van der Waals surface area (Å²) in [5.74, 6) is 2.41. The monoisotopic (exact) mass is 550 g/mol. The minimum absolute atomic E-state index is 0.257. The van der Waals surface area contributed by atoms with Crippen LogP contribution in [-0.2, 0) is 9.53 Å². The van der Waals surface area contributed by atoms with E-state index in [0.717, 1.165) is 88.4 Å². The summed E-state index contributed by atoms with van der Waals surface area (Å²) in [5.41, 5.74) is 0.674. The zero-order valence-electron chi connectivity index (χ0n) is 21.9. The molecule has 0 unspecified atom stereocenters. The molecule has 1 N–H and O–H groups in total. The quantitative estimate of drug-likeness (QED) is 0.440. The molecule has 1 saturated heterocycles. The number of fused-ring (bicyclic) bond motifs is 1. The van der Waals surface area contributed by atoms with Crippen molar-refractivity contribution in [3.63, 3.8) is 0 Å². The van der Waals surface area contributed by atoms with Crippen LogP contribution in [0.25, 0.3) is 11.0 Å². The molecule has 0 atom stereocenters. The molecule has 5 rings (SSSR count). The van der Waals surface area contributed by atoms with E-state index in [4.69, 9.17) is 32.5 Å². The molecule has 204 valence electrons. The van der Waals surface area contributed by atoms with Crippen LogP contribution in [0.5, 0.6) is 0 Å². The molecule has 1 aromatic carbocycles. The predicted molar refractivity (Wildman–Crippen MR) is 149 cm³/mol. The molecule has 0 spiro atoms. The van der Waals surface area contributed by atoms with Crippen molar-refractivity contribution in [3.05, 3.63) is 22.2 Å². The number of amides is 1. The number of hydrogen-bond acceptors (Lipinski definition) is 6. The molecule has 37 heavy (non-hydrogen) atoms. The van der Waals surface area contributed by atoms with E-state index in [1.807, 2.05) is 6.07 Å².